The van der Waals surface area contributed by atoms with Crippen LogP contribution in [0.5, 0.6) is 0 Å². The van der Waals surface area contributed by atoms with E-state index in [0.29, 0.717) is 10.9 Å². The summed E-state index contributed by atoms with van der Waals surface area (Å²) in [7, 11) is -3.65. The van der Waals surface area contributed by atoms with Gasteiger partial charge < -0.3 is 4.90 Å². The highest BCUT2D eigenvalue weighted by Gasteiger charge is 2.31. The number of piperazine rings is 1. The summed E-state index contributed by atoms with van der Waals surface area (Å²) in [6, 6.07) is 10.5. The van der Waals surface area contributed by atoms with Gasteiger partial charge in [0.15, 0.2) is 5.69 Å². The maximum Gasteiger partial charge on any atom is 0.275 e. The molecule has 3 aromatic rings. The third-order valence-electron chi connectivity index (χ3n) is 4.94. The number of H-pyrrole nitrogens is 1. The van der Waals surface area contributed by atoms with Crippen molar-refractivity contribution >= 4 is 48.5 Å². The Labute approximate surface area is 179 Å². The molecule has 1 N–H and O–H groups in total. The van der Waals surface area contributed by atoms with Crippen LogP contribution in [0.3, 0.4) is 0 Å². The van der Waals surface area contributed by atoms with Gasteiger partial charge in [0.2, 0.25) is 10.0 Å². The number of fused-ring (bicyclic) bond motifs is 1. The molecule has 1 aliphatic heterocycles. The van der Waals surface area contributed by atoms with Crippen molar-refractivity contribution in [3.05, 3.63) is 62.7 Å². The molecule has 1 aliphatic rings. The summed E-state index contributed by atoms with van der Waals surface area (Å²) >= 11 is 3.28. The van der Waals surface area contributed by atoms with Crippen molar-refractivity contribution in [2.24, 2.45) is 0 Å². The molecule has 4 rings (SSSR count). The molecule has 2 aromatic carbocycles. The monoisotopic (exact) mass is 493 g/mol. The highest BCUT2D eigenvalue weighted by Crippen LogP contribution is 2.24. The van der Waals surface area contributed by atoms with E-state index in [9.17, 15) is 23.3 Å². The number of nitro groups is 1. The van der Waals surface area contributed by atoms with Gasteiger partial charge in [-0.3, -0.25) is 20.0 Å². The number of benzene rings is 2. The second-order valence-electron chi connectivity index (χ2n) is 6.71. The lowest BCUT2D eigenvalue weighted by Gasteiger charge is -2.33. The molecule has 0 unspecified atom stereocenters. The average molecular weight is 494 g/mol. The molecule has 0 aliphatic carbocycles. The number of amides is 1. The summed E-state index contributed by atoms with van der Waals surface area (Å²) in [5.41, 5.74) is 0.460. The maximum absolute atomic E-state index is 12.9. The number of halogens is 1. The number of aromatic amines is 1. The molecule has 1 aromatic heterocycles. The van der Waals surface area contributed by atoms with Crippen molar-refractivity contribution in [3.63, 3.8) is 0 Å². The second-order valence-corrected chi connectivity index (χ2v) is 9.56. The SMILES string of the molecule is O=C(c1n[nH]c2ccc([N+](=O)[O-])cc12)N1CCN(S(=O)(=O)c2ccc(Br)cc2)CC1. The number of nitrogens with zero attached hydrogens (tertiary/aromatic N) is 4. The zero-order valence-corrected chi connectivity index (χ0v) is 17.9. The van der Waals surface area contributed by atoms with Crippen LogP contribution in [-0.4, -0.2) is 64.8 Å². The van der Waals surface area contributed by atoms with E-state index in [1.54, 1.807) is 12.1 Å². The molecule has 0 radical (unpaired) electrons. The van der Waals surface area contributed by atoms with Crippen LogP contribution in [0.25, 0.3) is 10.9 Å². The van der Waals surface area contributed by atoms with Crippen LogP contribution in [0.15, 0.2) is 51.8 Å². The van der Waals surface area contributed by atoms with E-state index in [-0.39, 0.29) is 42.5 Å². The van der Waals surface area contributed by atoms with E-state index in [2.05, 4.69) is 26.1 Å². The quantitative estimate of drug-likeness (QED) is 0.438. The lowest BCUT2D eigenvalue weighted by molar-refractivity contribution is -0.384. The zero-order valence-electron chi connectivity index (χ0n) is 15.5. The maximum atomic E-state index is 12.9. The summed E-state index contributed by atoms with van der Waals surface area (Å²) in [4.78, 5) is 25.1. The van der Waals surface area contributed by atoms with Gasteiger partial charge in [-0.25, -0.2) is 8.42 Å². The fourth-order valence-electron chi connectivity index (χ4n) is 3.32. The minimum atomic E-state index is -3.65. The van der Waals surface area contributed by atoms with E-state index in [1.807, 2.05) is 0 Å². The standard InChI is InChI=1S/C18H16BrN5O5S/c19-12-1-4-14(5-2-12)30(28,29)23-9-7-22(8-10-23)18(25)17-15-11-13(24(26)27)3-6-16(15)20-21-17/h1-6,11H,7-10H2,(H,20,21). The number of carbonyl (C=O) groups is 1. The number of hydrogen-bond acceptors (Lipinski definition) is 6. The van der Waals surface area contributed by atoms with Crippen LogP contribution in [0, 0.1) is 10.1 Å². The van der Waals surface area contributed by atoms with Crippen molar-refractivity contribution in [3.8, 4) is 0 Å². The molecule has 1 saturated heterocycles. The molecule has 0 bridgehead atoms. The third-order valence-corrected chi connectivity index (χ3v) is 7.38. The number of nitrogens with one attached hydrogen (secondary N) is 1. The number of hydrogen-bond donors (Lipinski definition) is 1. The van der Waals surface area contributed by atoms with E-state index in [4.69, 9.17) is 0 Å². The lowest BCUT2D eigenvalue weighted by Crippen LogP contribution is -2.50. The van der Waals surface area contributed by atoms with Gasteiger partial charge in [0, 0.05) is 48.2 Å². The molecule has 0 spiro atoms. The molecular weight excluding hydrogens is 478 g/mol. The van der Waals surface area contributed by atoms with Gasteiger partial charge in [0.1, 0.15) is 0 Å². The minimum absolute atomic E-state index is 0.0814. The highest BCUT2D eigenvalue weighted by atomic mass is 79.9. The molecule has 0 atom stereocenters. The lowest BCUT2D eigenvalue weighted by atomic mass is 10.1. The van der Waals surface area contributed by atoms with Crippen LogP contribution in [0.1, 0.15) is 10.5 Å². The van der Waals surface area contributed by atoms with Crippen molar-refractivity contribution in [1.29, 1.82) is 0 Å². The molecule has 156 valence electrons. The van der Waals surface area contributed by atoms with E-state index in [0.717, 1.165) is 4.47 Å². The molecule has 2 heterocycles. The topological polar surface area (TPSA) is 130 Å². The summed E-state index contributed by atoms with van der Waals surface area (Å²) in [6.07, 6.45) is 0. The summed E-state index contributed by atoms with van der Waals surface area (Å²) < 4.78 is 27.7. The van der Waals surface area contributed by atoms with Crippen LogP contribution in [0.4, 0.5) is 5.69 Å². The van der Waals surface area contributed by atoms with Crippen molar-refractivity contribution < 1.29 is 18.1 Å². The molecule has 10 nitrogen and oxygen atoms in total. The number of aromatic nitrogens is 2. The Kier molecular flexibility index (Phi) is 5.30. The molecule has 0 saturated carbocycles. The Hall–Kier alpha value is -2.83. The first kappa shape index (κ1) is 20.4. The van der Waals surface area contributed by atoms with E-state index < -0.39 is 20.9 Å². The number of non-ortho nitro benzene ring substituents is 1. The first-order chi connectivity index (χ1) is 14.3. The van der Waals surface area contributed by atoms with Crippen molar-refractivity contribution in [2.75, 3.05) is 26.2 Å². The summed E-state index contributed by atoms with van der Waals surface area (Å²) in [5, 5.41) is 18.1. The van der Waals surface area contributed by atoms with Crippen LogP contribution in [-0.2, 0) is 10.0 Å². The van der Waals surface area contributed by atoms with Gasteiger partial charge in [0.25, 0.3) is 11.6 Å². The van der Waals surface area contributed by atoms with Gasteiger partial charge >= 0.3 is 0 Å². The fraction of sp³-hybridized carbons (Fsp3) is 0.222. The first-order valence-electron chi connectivity index (χ1n) is 8.95. The predicted molar refractivity (Wildman–Crippen MR) is 112 cm³/mol. The summed E-state index contributed by atoms with van der Waals surface area (Å²) in [5.74, 6) is -0.401. The van der Waals surface area contributed by atoms with Gasteiger partial charge in [0.05, 0.1) is 15.3 Å². The zero-order chi connectivity index (χ0) is 21.5. The van der Waals surface area contributed by atoms with Gasteiger partial charge in [-0.1, -0.05) is 15.9 Å². The Morgan fingerprint density at radius 1 is 1.10 bits per heavy atom. The number of carbonyl (C=O) groups excluding carboxylic acids is 1. The molecule has 1 fully saturated rings. The van der Waals surface area contributed by atoms with Crippen molar-refractivity contribution in [2.45, 2.75) is 4.90 Å². The molecular formula is C18H16BrN5O5S. The van der Waals surface area contributed by atoms with Gasteiger partial charge in [-0.2, -0.15) is 9.40 Å². The molecule has 30 heavy (non-hydrogen) atoms. The summed E-state index contributed by atoms with van der Waals surface area (Å²) in [6.45, 7) is 0.676. The Morgan fingerprint density at radius 3 is 2.40 bits per heavy atom. The normalized spacial score (nSPS) is 15.4. The smallest absolute Gasteiger partial charge is 0.275 e. The number of nitro benzene ring substituents is 1. The van der Waals surface area contributed by atoms with Crippen LogP contribution >= 0.6 is 15.9 Å². The highest BCUT2D eigenvalue weighted by molar-refractivity contribution is 9.10. The molecule has 12 heteroatoms. The Bertz CT molecular complexity index is 1230. The number of rotatable bonds is 4. The van der Waals surface area contributed by atoms with Crippen LogP contribution < -0.4 is 0 Å². The van der Waals surface area contributed by atoms with Gasteiger partial charge in [-0.15, -0.1) is 0 Å². The number of sulfonamides is 1. The minimum Gasteiger partial charge on any atom is -0.335 e. The second kappa shape index (κ2) is 7.78. The van der Waals surface area contributed by atoms with Crippen molar-refractivity contribution in [1.82, 2.24) is 19.4 Å². The first-order valence-corrected chi connectivity index (χ1v) is 11.2. The fourth-order valence-corrected chi connectivity index (χ4v) is 5.00. The molecule has 1 amide bonds. The van der Waals surface area contributed by atoms with Crippen LogP contribution in [0.2, 0.25) is 0 Å². The van der Waals surface area contributed by atoms with Gasteiger partial charge in [-0.05, 0) is 30.3 Å². The largest absolute Gasteiger partial charge is 0.335 e. The Balaban J connectivity index is 1.51. The van der Waals surface area contributed by atoms with E-state index >= 15 is 0 Å². The predicted octanol–water partition coefficient (Wildman–Crippen LogP) is 2.38. The average Bonchev–Trinajstić information content (AvgIpc) is 3.17. The third kappa shape index (κ3) is 3.68. The Morgan fingerprint density at radius 2 is 1.77 bits per heavy atom. The van der Waals surface area contributed by atoms with E-state index in [1.165, 1.54) is 39.5 Å².